The lowest BCUT2D eigenvalue weighted by molar-refractivity contribution is -0.121. The van der Waals surface area contributed by atoms with Gasteiger partial charge in [0.15, 0.2) is 0 Å². The van der Waals surface area contributed by atoms with Gasteiger partial charge in [-0.05, 0) is 31.4 Å². The van der Waals surface area contributed by atoms with E-state index in [1.54, 1.807) is 12.1 Å². The van der Waals surface area contributed by atoms with E-state index >= 15 is 0 Å². The number of rotatable bonds is 2. The van der Waals surface area contributed by atoms with Crippen molar-refractivity contribution in [3.05, 3.63) is 30.3 Å². The lowest BCUT2D eigenvalue weighted by Gasteiger charge is -2.16. The number of nitrogens with one attached hydrogen (secondary N) is 2. The molecule has 1 aromatic heterocycles. The molecule has 0 radical (unpaired) electrons. The summed E-state index contributed by atoms with van der Waals surface area (Å²) in [5.41, 5.74) is 0.263. The number of fused-ring (bicyclic) bond motifs is 1. The van der Waals surface area contributed by atoms with E-state index in [0.29, 0.717) is 17.7 Å². The highest BCUT2D eigenvalue weighted by Gasteiger charge is 2.21. The van der Waals surface area contributed by atoms with Crippen molar-refractivity contribution >= 4 is 22.6 Å². The average Bonchev–Trinajstić information content (AvgIpc) is 2.65. The van der Waals surface area contributed by atoms with Crippen molar-refractivity contribution in [1.82, 2.24) is 15.3 Å². The first-order valence-electron chi connectivity index (χ1n) is 6.69. The van der Waals surface area contributed by atoms with Gasteiger partial charge in [0.25, 0.3) is 0 Å². The third kappa shape index (κ3) is 2.41. The highest BCUT2D eigenvalue weighted by molar-refractivity contribution is 5.92. The summed E-state index contributed by atoms with van der Waals surface area (Å²) in [4.78, 5) is 20.0. The average molecular weight is 274 g/mol. The van der Waals surface area contributed by atoms with Crippen LogP contribution >= 0.6 is 0 Å². The van der Waals surface area contributed by atoms with E-state index < -0.39 is 5.82 Å². The number of nitrogens with zero attached hydrogens (tertiary/aromatic N) is 2. The molecule has 2 N–H and O–H groups in total. The van der Waals surface area contributed by atoms with E-state index in [-0.39, 0.29) is 17.5 Å². The largest absolute Gasteiger partial charge is 0.358 e. The molecule has 1 aromatic carbocycles. The highest BCUT2D eigenvalue weighted by Crippen LogP contribution is 2.22. The Morgan fingerprint density at radius 3 is 3.10 bits per heavy atom. The zero-order chi connectivity index (χ0) is 13.9. The van der Waals surface area contributed by atoms with Crippen LogP contribution in [0.5, 0.6) is 0 Å². The first-order chi connectivity index (χ1) is 9.75. The Hall–Kier alpha value is -2.24. The topological polar surface area (TPSA) is 66.9 Å². The van der Waals surface area contributed by atoms with Crippen molar-refractivity contribution in [2.75, 3.05) is 11.9 Å². The lowest BCUT2D eigenvalue weighted by atomic mass is 10.1. The second kappa shape index (κ2) is 5.40. The van der Waals surface area contributed by atoms with Gasteiger partial charge in [0, 0.05) is 11.9 Å². The molecular weight excluding hydrogens is 259 g/mol. The Bertz CT molecular complexity index is 646. The van der Waals surface area contributed by atoms with E-state index in [0.717, 1.165) is 19.3 Å². The highest BCUT2D eigenvalue weighted by atomic mass is 19.1. The maximum Gasteiger partial charge on any atom is 0.242 e. The second-order valence-corrected chi connectivity index (χ2v) is 4.84. The molecule has 6 heteroatoms. The molecule has 2 aromatic rings. The van der Waals surface area contributed by atoms with E-state index in [9.17, 15) is 9.18 Å². The van der Waals surface area contributed by atoms with Crippen molar-refractivity contribution in [3.8, 4) is 0 Å². The number of benzene rings is 1. The van der Waals surface area contributed by atoms with E-state index in [1.807, 2.05) is 0 Å². The van der Waals surface area contributed by atoms with E-state index in [1.165, 1.54) is 12.4 Å². The SMILES string of the molecule is O=C1NCCCCC1Nc1ncnc2c(F)cccc12. The van der Waals surface area contributed by atoms with Gasteiger partial charge in [-0.15, -0.1) is 0 Å². The standard InChI is InChI=1S/C14H15FN4O/c15-10-5-3-4-9-12(10)17-8-18-13(9)19-11-6-1-2-7-16-14(11)20/h3-5,8,11H,1-2,6-7H2,(H,16,20)(H,17,18,19). The quantitative estimate of drug-likeness (QED) is 0.877. The van der Waals surface area contributed by atoms with Crippen LogP contribution in [0.25, 0.3) is 10.9 Å². The molecule has 1 unspecified atom stereocenters. The van der Waals surface area contributed by atoms with Gasteiger partial charge >= 0.3 is 0 Å². The zero-order valence-electron chi connectivity index (χ0n) is 10.9. The van der Waals surface area contributed by atoms with Crippen LogP contribution in [0.4, 0.5) is 10.2 Å². The van der Waals surface area contributed by atoms with Crippen LogP contribution in [0.1, 0.15) is 19.3 Å². The number of anilines is 1. The lowest BCUT2D eigenvalue weighted by Crippen LogP contribution is -2.38. The monoisotopic (exact) mass is 274 g/mol. The zero-order valence-corrected chi connectivity index (χ0v) is 10.9. The molecule has 1 saturated heterocycles. The Labute approximate surface area is 115 Å². The van der Waals surface area contributed by atoms with Gasteiger partial charge < -0.3 is 10.6 Å². The number of carbonyl (C=O) groups excluding carboxylic acids is 1. The van der Waals surface area contributed by atoms with Gasteiger partial charge in [-0.2, -0.15) is 0 Å². The van der Waals surface area contributed by atoms with Gasteiger partial charge in [0.1, 0.15) is 29.5 Å². The predicted molar refractivity (Wildman–Crippen MR) is 73.8 cm³/mol. The molecule has 20 heavy (non-hydrogen) atoms. The van der Waals surface area contributed by atoms with Crippen LogP contribution in [0.15, 0.2) is 24.5 Å². The third-order valence-corrected chi connectivity index (χ3v) is 3.46. The molecule has 1 amide bonds. The van der Waals surface area contributed by atoms with Crippen molar-refractivity contribution in [1.29, 1.82) is 0 Å². The Balaban J connectivity index is 1.94. The Kier molecular flexibility index (Phi) is 3.45. The first-order valence-corrected chi connectivity index (χ1v) is 6.69. The van der Waals surface area contributed by atoms with Crippen molar-refractivity contribution in [2.24, 2.45) is 0 Å². The molecule has 1 aliphatic heterocycles. The fourth-order valence-electron chi connectivity index (χ4n) is 2.41. The fourth-order valence-corrected chi connectivity index (χ4v) is 2.41. The molecule has 5 nitrogen and oxygen atoms in total. The fraction of sp³-hybridized carbons (Fsp3) is 0.357. The summed E-state index contributed by atoms with van der Waals surface area (Å²) >= 11 is 0. The second-order valence-electron chi connectivity index (χ2n) is 4.84. The van der Waals surface area contributed by atoms with Crippen molar-refractivity contribution in [3.63, 3.8) is 0 Å². The molecular formula is C14H15FN4O. The van der Waals surface area contributed by atoms with Crippen LogP contribution in [-0.4, -0.2) is 28.5 Å². The van der Waals surface area contributed by atoms with E-state index in [4.69, 9.17) is 0 Å². The Morgan fingerprint density at radius 2 is 2.20 bits per heavy atom. The van der Waals surface area contributed by atoms with Crippen LogP contribution in [0.2, 0.25) is 0 Å². The predicted octanol–water partition coefficient (Wildman–Crippen LogP) is 1.85. The molecule has 1 fully saturated rings. The minimum absolute atomic E-state index is 0.0364. The number of para-hydroxylation sites is 1. The molecule has 0 aliphatic carbocycles. The molecule has 1 aliphatic rings. The summed E-state index contributed by atoms with van der Waals surface area (Å²) in [6.07, 6.45) is 3.99. The first kappa shape index (κ1) is 12.8. The van der Waals surface area contributed by atoms with Gasteiger partial charge in [-0.1, -0.05) is 6.07 Å². The molecule has 2 heterocycles. The number of hydrogen-bond donors (Lipinski definition) is 2. The van der Waals surface area contributed by atoms with Crippen LogP contribution in [-0.2, 0) is 4.79 Å². The number of hydrogen-bond acceptors (Lipinski definition) is 4. The maximum atomic E-state index is 13.7. The summed E-state index contributed by atoms with van der Waals surface area (Å²) in [7, 11) is 0. The molecule has 0 bridgehead atoms. The molecule has 1 atom stereocenters. The molecule has 0 saturated carbocycles. The van der Waals surface area contributed by atoms with Crippen molar-refractivity contribution < 1.29 is 9.18 Å². The van der Waals surface area contributed by atoms with E-state index in [2.05, 4.69) is 20.6 Å². The van der Waals surface area contributed by atoms with Crippen LogP contribution in [0, 0.1) is 5.82 Å². The summed E-state index contributed by atoms with van der Waals surface area (Å²) < 4.78 is 13.7. The van der Waals surface area contributed by atoms with Gasteiger partial charge in [-0.25, -0.2) is 14.4 Å². The summed E-state index contributed by atoms with van der Waals surface area (Å²) in [5.74, 6) is 0.0699. The van der Waals surface area contributed by atoms with Gasteiger partial charge in [0.05, 0.1) is 0 Å². The summed E-state index contributed by atoms with van der Waals surface area (Å²) in [6.45, 7) is 0.705. The summed E-state index contributed by atoms with van der Waals surface area (Å²) in [6, 6.07) is 4.38. The third-order valence-electron chi connectivity index (χ3n) is 3.46. The number of halogens is 1. The number of carbonyl (C=O) groups is 1. The molecule has 3 rings (SSSR count). The minimum atomic E-state index is -0.390. The number of aromatic nitrogens is 2. The maximum absolute atomic E-state index is 13.7. The molecule has 104 valence electrons. The van der Waals surface area contributed by atoms with Crippen LogP contribution in [0.3, 0.4) is 0 Å². The Morgan fingerprint density at radius 1 is 1.30 bits per heavy atom. The smallest absolute Gasteiger partial charge is 0.242 e. The van der Waals surface area contributed by atoms with Crippen LogP contribution < -0.4 is 10.6 Å². The minimum Gasteiger partial charge on any atom is -0.358 e. The van der Waals surface area contributed by atoms with Crippen molar-refractivity contribution in [2.45, 2.75) is 25.3 Å². The number of amides is 1. The normalized spacial score (nSPS) is 19.4. The summed E-state index contributed by atoms with van der Waals surface area (Å²) in [5, 5.41) is 6.55. The van der Waals surface area contributed by atoms with Gasteiger partial charge in [0.2, 0.25) is 5.91 Å². The van der Waals surface area contributed by atoms with Gasteiger partial charge in [-0.3, -0.25) is 4.79 Å². The molecule has 0 spiro atoms.